The zero-order valence-electron chi connectivity index (χ0n) is 16.5. The van der Waals surface area contributed by atoms with Crippen molar-refractivity contribution in [2.45, 2.75) is 64.3 Å². The summed E-state index contributed by atoms with van der Waals surface area (Å²) in [5.74, 6) is 7.20. The van der Waals surface area contributed by atoms with Crippen LogP contribution in [0.1, 0.15) is 73.2 Å². The maximum Gasteiger partial charge on any atom is 0.173 e. The van der Waals surface area contributed by atoms with Crippen LogP contribution in [-0.2, 0) is 11.2 Å². The molecule has 1 saturated carbocycles. The van der Waals surface area contributed by atoms with Gasteiger partial charge in [-0.25, -0.2) is 0 Å². The van der Waals surface area contributed by atoms with E-state index in [9.17, 15) is 4.79 Å². The van der Waals surface area contributed by atoms with Gasteiger partial charge < -0.3 is 15.4 Å². The van der Waals surface area contributed by atoms with Gasteiger partial charge in [-0.05, 0) is 30.2 Å². The molecule has 1 aromatic rings. The first-order valence-corrected chi connectivity index (χ1v) is 11.0. The highest BCUT2D eigenvalue weighted by Gasteiger charge is 2.36. The number of hydrogen-bond acceptors (Lipinski definition) is 5. The van der Waals surface area contributed by atoms with E-state index in [0.29, 0.717) is 6.42 Å². The number of Topliss-reactive ketones (excluding diaryl/α,β-unsaturated/α-hetero) is 1. The van der Waals surface area contributed by atoms with Gasteiger partial charge in [0, 0.05) is 19.5 Å². The summed E-state index contributed by atoms with van der Waals surface area (Å²) in [4.78, 5) is 16.1. The molecule has 0 radical (unpaired) electrons. The van der Waals surface area contributed by atoms with Crippen LogP contribution < -0.4 is 10.6 Å². The summed E-state index contributed by atoms with van der Waals surface area (Å²) in [5.41, 5.74) is 8.44. The molecule has 0 atom stereocenters. The van der Waals surface area contributed by atoms with Crippen molar-refractivity contribution in [2.24, 2.45) is 11.1 Å². The molecule has 2 heterocycles. The van der Waals surface area contributed by atoms with Gasteiger partial charge in [0.1, 0.15) is 5.00 Å². The van der Waals surface area contributed by atoms with Crippen molar-refractivity contribution in [3.63, 3.8) is 0 Å². The summed E-state index contributed by atoms with van der Waals surface area (Å²) in [6, 6.07) is 0. The molecule has 0 bridgehead atoms. The van der Waals surface area contributed by atoms with Gasteiger partial charge in [-0.3, -0.25) is 4.79 Å². The number of hydrogen-bond donors (Lipinski definition) is 1. The Hall–Kier alpha value is -1.35. The number of rotatable bonds is 1. The molecule has 4 rings (SSSR count). The van der Waals surface area contributed by atoms with Crippen LogP contribution in [0.5, 0.6) is 0 Å². The number of nitrogens with zero attached hydrogens (tertiary/aromatic N) is 1. The minimum atomic E-state index is -0.371. The van der Waals surface area contributed by atoms with E-state index >= 15 is 0 Å². The van der Waals surface area contributed by atoms with Crippen LogP contribution in [0.3, 0.4) is 0 Å². The van der Waals surface area contributed by atoms with Crippen molar-refractivity contribution < 1.29 is 9.53 Å². The molecular weight excluding hydrogens is 356 g/mol. The van der Waals surface area contributed by atoms with Gasteiger partial charge in [0.15, 0.2) is 5.78 Å². The second-order valence-electron chi connectivity index (χ2n) is 9.10. The fraction of sp³-hybridized carbons (Fsp3) is 0.682. The fourth-order valence-electron chi connectivity index (χ4n) is 4.51. The van der Waals surface area contributed by atoms with Crippen molar-refractivity contribution >= 4 is 22.1 Å². The number of ketones is 1. The molecule has 5 heteroatoms. The Labute approximate surface area is 166 Å². The number of ether oxygens (including phenoxy) is 1. The topological polar surface area (TPSA) is 55.6 Å². The zero-order chi connectivity index (χ0) is 19.1. The van der Waals surface area contributed by atoms with Crippen LogP contribution in [0.25, 0.3) is 0 Å². The molecular formula is C22H30N2O2S. The molecule has 2 fully saturated rings. The number of carbonyl (C=O) groups is 1. The summed E-state index contributed by atoms with van der Waals surface area (Å²) >= 11 is 1.64. The lowest BCUT2D eigenvalue weighted by Gasteiger charge is -2.30. The predicted molar refractivity (Wildman–Crippen MR) is 111 cm³/mol. The van der Waals surface area contributed by atoms with Gasteiger partial charge in [-0.2, -0.15) is 0 Å². The molecule has 27 heavy (non-hydrogen) atoms. The normalized spacial score (nSPS) is 24.1. The van der Waals surface area contributed by atoms with Gasteiger partial charge >= 0.3 is 0 Å². The van der Waals surface area contributed by atoms with Crippen molar-refractivity contribution in [2.75, 3.05) is 31.2 Å². The average molecular weight is 387 g/mol. The molecule has 2 N–H and O–H groups in total. The third-order valence-electron chi connectivity index (χ3n) is 6.02. The predicted octanol–water partition coefficient (Wildman–Crippen LogP) is 3.75. The molecule has 1 aromatic heterocycles. The number of nitrogens with two attached hydrogens (primary N) is 1. The maximum absolute atomic E-state index is 12.8. The number of carbonyl (C=O) groups excluding carboxylic acids is 1. The second-order valence-corrected chi connectivity index (χ2v) is 10.1. The van der Waals surface area contributed by atoms with E-state index < -0.39 is 0 Å². The molecule has 2 aliphatic carbocycles. The van der Waals surface area contributed by atoms with Gasteiger partial charge in [-0.1, -0.05) is 45.0 Å². The van der Waals surface area contributed by atoms with Gasteiger partial charge in [-0.15, -0.1) is 11.3 Å². The van der Waals surface area contributed by atoms with Crippen molar-refractivity contribution in [3.05, 3.63) is 16.0 Å². The van der Waals surface area contributed by atoms with Crippen LogP contribution in [0.2, 0.25) is 0 Å². The molecule has 146 valence electrons. The quantitative estimate of drug-likeness (QED) is 0.747. The molecule has 0 amide bonds. The largest absolute Gasteiger partial charge is 0.378 e. The fourth-order valence-corrected chi connectivity index (χ4v) is 5.78. The number of fused-ring (bicyclic) bond motifs is 1. The molecule has 0 aromatic carbocycles. The third-order valence-corrected chi connectivity index (χ3v) is 7.35. The van der Waals surface area contributed by atoms with Gasteiger partial charge in [0.2, 0.25) is 0 Å². The first kappa shape index (κ1) is 19.0. The summed E-state index contributed by atoms with van der Waals surface area (Å²) in [6.07, 6.45) is 7.07. The summed E-state index contributed by atoms with van der Waals surface area (Å²) in [7, 11) is 0. The molecule has 1 aliphatic heterocycles. The smallest absolute Gasteiger partial charge is 0.173 e. The molecule has 0 unspecified atom stereocenters. The molecule has 4 nitrogen and oxygen atoms in total. The molecule has 3 aliphatic rings. The van der Waals surface area contributed by atoms with E-state index in [0.717, 1.165) is 79.4 Å². The Kier molecular flexibility index (Phi) is 5.09. The lowest BCUT2D eigenvalue weighted by molar-refractivity contribution is 0.0917. The van der Waals surface area contributed by atoms with Crippen molar-refractivity contribution in [3.8, 4) is 11.8 Å². The van der Waals surface area contributed by atoms with E-state index in [-0.39, 0.29) is 16.7 Å². The van der Waals surface area contributed by atoms with Crippen LogP contribution in [0, 0.1) is 17.3 Å². The second kappa shape index (κ2) is 7.24. The molecule has 1 saturated heterocycles. The Bertz CT molecular complexity index is 787. The lowest BCUT2D eigenvalue weighted by Crippen LogP contribution is -2.40. The monoisotopic (exact) mass is 386 g/mol. The Morgan fingerprint density at radius 1 is 1.11 bits per heavy atom. The lowest BCUT2D eigenvalue weighted by atomic mass is 9.75. The zero-order valence-corrected chi connectivity index (χ0v) is 17.3. The standard InChI is InChI=1S/C22H30N2O2S/c1-21(2)14-17-16(6-9-22(23)7-4-3-5-8-22)20(24-10-12-26-13-11-24)27-19(17)18(25)15-21/h3-5,7-8,10-15,23H2,1-2H3. The first-order valence-electron chi connectivity index (χ1n) is 10.2. The molecule has 0 spiro atoms. The van der Waals surface area contributed by atoms with Crippen LogP contribution >= 0.6 is 11.3 Å². The summed E-state index contributed by atoms with van der Waals surface area (Å²) in [5, 5.41) is 1.15. The summed E-state index contributed by atoms with van der Waals surface area (Å²) in [6.45, 7) is 7.55. The Balaban J connectivity index is 1.77. The Morgan fingerprint density at radius 2 is 1.81 bits per heavy atom. The van der Waals surface area contributed by atoms with Gasteiger partial charge in [0.05, 0.1) is 29.2 Å². The van der Waals surface area contributed by atoms with Gasteiger partial charge in [0.25, 0.3) is 0 Å². The van der Waals surface area contributed by atoms with Crippen LogP contribution in [0.15, 0.2) is 0 Å². The number of anilines is 1. The average Bonchev–Trinajstić information content (AvgIpc) is 2.99. The maximum atomic E-state index is 12.8. The Morgan fingerprint density at radius 3 is 2.52 bits per heavy atom. The van der Waals surface area contributed by atoms with E-state index in [2.05, 4.69) is 30.6 Å². The SMILES string of the molecule is CC1(C)CC(=O)c2sc(N3CCOCC3)c(C#CC3(N)CCCCC3)c2C1. The van der Waals surface area contributed by atoms with Crippen molar-refractivity contribution in [1.82, 2.24) is 0 Å². The number of thiophene rings is 1. The minimum Gasteiger partial charge on any atom is -0.378 e. The third kappa shape index (κ3) is 3.94. The number of morpholine rings is 1. The summed E-state index contributed by atoms with van der Waals surface area (Å²) < 4.78 is 5.53. The highest BCUT2D eigenvalue weighted by molar-refractivity contribution is 7.18. The highest BCUT2D eigenvalue weighted by Crippen LogP contribution is 2.45. The van der Waals surface area contributed by atoms with E-state index in [1.807, 2.05) is 0 Å². The minimum absolute atomic E-state index is 0.00485. The van der Waals surface area contributed by atoms with Crippen LogP contribution in [0.4, 0.5) is 5.00 Å². The highest BCUT2D eigenvalue weighted by atomic mass is 32.1. The van der Waals surface area contributed by atoms with Crippen molar-refractivity contribution in [1.29, 1.82) is 0 Å². The van der Waals surface area contributed by atoms with E-state index in [1.165, 1.54) is 6.42 Å². The van der Waals surface area contributed by atoms with Crippen LogP contribution in [-0.4, -0.2) is 37.6 Å². The first-order chi connectivity index (χ1) is 12.9. The van der Waals surface area contributed by atoms with E-state index in [1.54, 1.807) is 11.3 Å². The van der Waals surface area contributed by atoms with E-state index in [4.69, 9.17) is 10.5 Å².